The van der Waals surface area contributed by atoms with Crippen LogP contribution in [0.15, 0.2) is 41.3 Å². The molecule has 126 valence electrons. The second kappa shape index (κ2) is 8.44. The van der Waals surface area contributed by atoms with E-state index in [1.807, 2.05) is 0 Å². The highest BCUT2D eigenvalue weighted by Crippen LogP contribution is 2.14. The maximum atomic E-state index is 12.0. The van der Waals surface area contributed by atoms with E-state index in [4.69, 9.17) is 0 Å². The van der Waals surface area contributed by atoms with Crippen molar-refractivity contribution in [2.45, 2.75) is 31.7 Å². The summed E-state index contributed by atoms with van der Waals surface area (Å²) in [6, 6.07) is 5.48. The van der Waals surface area contributed by atoms with Crippen LogP contribution < -0.4 is 10.0 Å². The van der Waals surface area contributed by atoms with E-state index in [9.17, 15) is 18.0 Å². The Labute approximate surface area is 135 Å². The Hall–Kier alpha value is -2.19. The van der Waals surface area contributed by atoms with Gasteiger partial charge in [0.2, 0.25) is 15.9 Å². The summed E-state index contributed by atoms with van der Waals surface area (Å²) in [5.41, 5.74) is 0.409. The Balaban J connectivity index is 2.71. The maximum Gasteiger partial charge on any atom is 0.330 e. The van der Waals surface area contributed by atoms with Gasteiger partial charge in [0.25, 0.3) is 0 Å². The highest BCUT2D eigenvalue weighted by atomic mass is 32.2. The summed E-state index contributed by atoms with van der Waals surface area (Å²) >= 11 is 0. The summed E-state index contributed by atoms with van der Waals surface area (Å²) < 4.78 is 31.0. The van der Waals surface area contributed by atoms with Crippen LogP contribution in [-0.2, 0) is 24.3 Å². The van der Waals surface area contributed by atoms with E-state index in [-0.39, 0.29) is 17.5 Å². The first-order valence-electron chi connectivity index (χ1n) is 7.03. The third kappa shape index (κ3) is 6.62. The van der Waals surface area contributed by atoms with Crippen LogP contribution in [0.4, 0.5) is 5.69 Å². The molecule has 0 radical (unpaired) electrons. The number of benzene rings is 1. The van der Waals surface area contributed by atoms with Gasteiger partial charge in [-0.05, 0) is 45.0 Å². The fourth-order valence-corrected chi connectivity index (χ4v) is 2.86. The first kappa shape index (κ1) is 18.9. The number of nitrogens with one attached hydrogen (secondary N) is 2. The molecule has 1 aromatic carbocycles. The second-order valence-corrected chi connectivity index (χ2v) is 6.59. The average Bonchev–Trinajstić information content (AvgIpc) is 2.45. The van der Waals surface area contributed by atoms with E-state index in [1.165, 1.54) is 24.3 Å². The van der Waals surface area contributed by atoms with E-state index in [0.717, 1.165) is 12.2 Å². The van der Waals surface area contributed by atoms with E-state index in [2.05, 4.69) is 14.8 Å². The molecule has 8 heteroatoms. The lowest BCUT2D eigenvalue weighted by Gasteiger charge is -2.10. The lowest BCUT2D eigenvalue weighted by atomic mass is 10.3. The number of sulfonamides is 1. The lowest BCUT2D eigenvalue weighted by molar-refractivity contribution is -0.137. The number of carbonyl (C=O) groups excluding carboxylic acids is 2. The quantitative estimate of drug-likeness (QED) is 0.577. The molecule has 0 aliphatic rings. The largest absolute Gasteiger partial charge is 0.463 e. The van der Waals surface area contributed by atoms with Crippen LogP contribution in [-0.4, -0.2) is 32.9 Å². The van der Waals surface area contributed by atoms with Crippen LogP contribution >= 0.6 is 0 Å². The third-order valence-corrected chi connectivity index (χ3v) is 4.15. The van der Waals surface area contributed by atoms with E-state index >= 15 is 0 Å². The van der Waals surface area contributed by atoms with Gasteiger partial charge in [-0.2, -0.15) is 0 Å². The van der Waals surface area contributed by atoms with Crippen LogP contribution in [0.5, 0.6) is 0 Å². The Kier molecular flexibility index (Phi) is 6.92. The van der Waals surface area contributed by atoms with Crippen molar-refractivity contribution >= 4 is 27.6 Å². The predicted molar refractivity (Wildman–Crippen MR) is 86.3 cm³/mol. The molecule has 0 saturated heterocycles. The second-order valence-electron chi connectivity index (χ2n) is 4.87. The minimum atomic E-state index is -3.57. The fraction of sp³-hybridized carbons (Fsp3) is 0.333. The molecule has 0 saturated carbocycles. The predicted octanol–water partition coefficient (Wildman–Crippen LogP) is 1.43. The standard InChI is InChI=1S/C15H20N2O5S/c1-4-22-15(19)10-9-14(18)16-12-5-7-13(8-6-12)23(20,21)17-11(2)3/h5-11,17H,4H2,1-3H3,(H,16,18)/b10-9+. The van der Waals surface area contributed by atoms with E-state index in [0.29, 0.717) is 5.69 Å². The topological polar surface area (TPSA) is 102 Å². The van der Waals surface area contributed by atoms with Gasteiger partial charge in [0.1, 0.15) is 0 Å². The van der Waals surface area contributed by atoms with Crippen molar-refractivity contribution in [2.75, 3.05) is 11.9 Å². The zero-order valence-electron chi connectivity index (χ0n) is 13.2. The Morgan fingerprint density at radius 1 is 1.17 bits per heavy atom. The van der Waals surface area contributed by atoms with Gasteiger partial charge >= 0.3 is 5.97 Å². The first-order chi connectivity index (χ1) is 10.7. The summed E-state index contributed by atoms with van der Waals surface area (Å²) in [6.45, 7) is 5.34. The summed E-state index contributed by atoms with van der Waals surface area (Å²) in [5, 5.41) is 2.51. The molecule has 1 amide bonds. The molecule has 7 nitrogen and oxygen atoms in total. The zero-order valence-corrected chi connectivity index (χ0v) is 14.0. The Morgan fingerprint density at radius 2 is 1.78 bits per heavy atom. The molecule has 2 N–H and O–H groups in total. The molecule has 0 bridgehead atoms. The fourth-order valence-electron chi connectivity index (χ4n) is 1.61. The van der Waals surface area contributed by atoms with Gasteiger partial charge in [-0.3, -0.25) is 4.79 Å². The van der Waals surface area contributed by atoms with Crippen LogP contribution in [0, 0.1) is 0 Å². The monoisotopic (exact) mass is 340 g/mol. The van der Waals surface area contributed by atoms with Crippen molar-refractivity contribution in [2.24, 2.45) is 0 Å². The SMILES string of the molecule is CCOC(=O)/C=C/C(=O)Nc1ccc(S(=O)(=O)NC(C)C)cc1. The highest BCUT2D eigenvalue weighted by Gasteiger charge is 2.14. The van der Waals surface area contributed by atoms with Gasteiger partial charge in [-0.15, -0.1) is 0 Å². The van der Waals surface area contributed by atoms with Gasteiger partial charge in [0, 0.05) is 23.9 Å². The zero-order chi connectivity index (χ0) is 17.5. The molecule has 0 aliphatic heterocycles. The number of ether oxygens (including phenoxy) is 1. The van der Waals surface area contributed by atoms with Crippen molar-refractivity contribution in [3.05, 3.63) is 36.4 Å². The van der Waals surface area contributed by atoms with Gasteiger partial charge in [-0.1, -0.05) is 0 Å². The molecule has 1 rings (SSSR count). The highest BCUT2D eigenvalue weighted by molar-refractivity contribution is 7.89. The van der Waals surface area contributed by atoms with Gasteiger partial charge in [-0.25, -0.2) is 17.9 Å². The van der Waals surface area contributed by atoms with E-state index in [1.54, 1.807) is 20.8 Å². The minimum Gasteiger partial charge on any atom is -0.463 e. The van der Waals surface area contributed by atoms with Gasteiger partial charge in [0.05, 0.1) is 11.5 Å². The Morgan fingerprint density at radius 3 is 2.30 bits per heavy atom. The molecule has 0 spiro atoms. The third-order valence-electron chi connectivity index (χ3n) is 2.48. The van der Waals surface area contributed by atoms with Crippen molar-refractivity contribution in [1.29, 1.82) is 0 Å². The van der Waals surface area contributed by atoms with Crippen molar-refractivity contribution in [3.8, 4) is 0 Å². The normalized spacial score (nSPS) is 11.7. The van der Waals surface area contributed by atoms with Gasteiger partial charge < -0.3 is 10.1 Å². The summed E-state index contributed by atoms with van der Waals surface area (Å²) in [4.78, 5) is 22.8. The first-order valence-corrected chi connectivity index (χ1v) is 8.51. The minimum absolute atomic E-state index is 0.103. The molecular weight excluding hydrogens is 320 g/mol. The average molecular weight is 340 g/mol. The number of rotatable bonds is 7. The molecule has 0 aromatic heterocycles. The Bertz CT molecular complexity index is 678. The molecule has 0 heterocycles. The molecule has 0 atom stereocenters. The number of amides is 1. The number of esters is 1. The molecular formula is C15H20N2O5S. The van der Waals surface area contributed by atoms with Crippen LogP contribution in [0.3, 0.4) is 0 Å². The maximum absolute atomic E-state index is 12.0. The summed E-state index contributed by atoms with van der Waals surface area (Å²) in [6.07, 6.45) is 2.06. The lowest BCUT2D eigenvalue weighted by Crippen LogP contribution is -2.30. The molecule has 0 aliphatic carbocycles. The van der Waals surface area contributed by atoms with Crippen molar-refractivity contribution in [3.63, 3.8) is 0 Å². The van der Waals surface area contributed by atoms with Crippen LogP contribution in [0.1, 0.15) is 20.8 Å². The van der Waals surface area contributed by atoms with Crippen LogP contribution in [0.25, 0.3) is 0 Å². The van der Waals surface area contributed by atoms with Crippen molar-refractivity contribution in [1.82, 2.24) is 4.72 Å². The number of hydrogen-bond donors (Lipinski definition) is 2. The number of anilines is 1. The molecule has 23 heavy (non-hydrogen) atoms. The summed E-state index contributed by atoms with van der Waals surface area (Å²) in [5.74, 6) is -1.13. The smallest absolute Gasteiger partial charge is 0.330 e. The van der Waals surface area contributed by atoms with Crippen LogP contribution in [0.2, 0.25) is 0 Å². The molecule has 1 aromatic rings. The van der Waals surface area contributed by atoms with Crippen molar-refractivity contribution < 1.29 is 22.7 Å². The van der Waals surface area contributed by atoms with E-state index < -0.39 is 21.9 Å². The number of carbonyl (C=O) groups is 2. The molecule has 0 unspecified atom stereocenters. The van der Waals surface area contributed by atoms with Gasteiger partial charge in [0.15, 0.2) is 0 Å². The number of hydrogen-bond acceptors (Lipinski definition) is 5. The summed E-state index contributed by atoms with van der Waals surface area (Å²) in [7, 11) is -3.57. The molecule has 0 fully saturated rings.